The molecular formula is C11H17BrN2O2S2. The number of sulfonamides is 1. The highest BCUT2D eigenvalue weighted by molar-refractivity contribution is 9.11. The number of thiophene rings is 1. The molecule has 1 heterocycles. The van der Waals surface area contributed by atoms with Crippen molar-refractivity contribution >= 4 is 37.3 Å². The lowest BCUT2D eigenvalue weighted by atomic mass is 10.3. The minimum Gasteiger partial charge on any atom is -0.313 e. The van der Waals surface area contributed by atoms with Gasteiger partial charge in [0.1, 0.15) is 0 Å². The first-order chi connectivity index (χ1) is 8.47. The van der Waals surface area contributed by atoms with Crippen molar-refractivity contribution in [2.24, 2.45) is 0 Å². The van der Waals surface area contributed by atoms with Crippen LogP contribution in [0.25, 0.3) is 0 Å². The average molecular weight is 353 g/mol. The predicted octanol–water partition coefficient (Wildman–Crippen LogP) is 2.02. The zero-order valence-corrected chi connectivity index (χ0v) is 13.4. The first-order valence-corrected chi connectivity index (χ1v) is 9.16. The number of rotatable bonds is 7. The molecule has 1 saturated carbocycles. The van der Waals surface area contributed by atoms with Gasteiger partial charge in [-0.25, -0.2) is 12.7 Å². The largest absolute Gasteiger partial charge is 0.313 e. The molecule has 0 saturated heterocycles. The number of hydrogen-bond acceptors (Lipinski definition) is 4. The molecule has 18 heavy (non-hydrogen) atoms. The first kappa shape index (κ1) is 14.5. The molecule has 0 aromatic carbocycles. The molecule has 0 bridgehead atoms. The molecule has 7 heteroatoms. The van der Waals surface area contributed by atoms with Crippen molar-refractivity contribution in [1.29, 1.82) is 0 Å². The van der Waals surface area contributed by atoms with Crippen LogP contribution in [0, 0.1) is 0 Å². The molecule has 1 aliphatic rings. The van der Waals surface area contributed by atoms with Crippen LogP contribution in [0.15, 0.2) is 15.2 Å². The molecule has 102 valence electrons. The topological polar surface area (TPSA) is 49.4 Å². The van der Waals surface area contributed by atoms with Gasteiger partial charge in [0.25, 0.3) is 0 Å². The lowest BCUT2D eigenvalue weighted by Gasteiger charge is -2.16. The molecule has 0 atom stereocenters. The van der Waals surface area contributed by atoms with E-state index in [1.165, 1.54) is 17.1 Å². The maximum atomic E-state index is 12.0. The Balaban J connectivity index is 1.83. The van der Waals surface area contributed by atoms with Gasteiger partial charge in [-0.3, -0.25) is 0 Å². The van der Waals surface area contributed by atoms with E-state index in [0.717, 1.165) is 9.35 Å². The lowest BCUT2D eigenvalue weighted by Crippen LogP contribution is -2.33. The Hall–Kier alpha value is 0.0500. The van der Waals surface area contributed by atoms with Crippen LogP contribution in [0.4, 0.5) is 0 Å². The summed E-state index contributed by atoms with van der Waals surface area (Å²) >= 11 is 4.95. The summed E-state index contributed by atoms with van der Waals surface area (Å²) in [6.45, 7) is 0.985. The van der Waals surface area contributed by atoms with Gasteiger partial charge in [-0.05, 0) is 45.8 Å². The third-order valence-corrected chi connectivity index (χ3v) is 6.22. The minimum atomic E-state index is -3.16. The maximum absolute atomic E-state index is 12.0. The predicted molar refractivity (Wildman–Crippen MR) is 78.3 cm³/mol. The van der Waals surface area contributed by atoms with Crippen LogP contribution in [0.5, 0.6) is 0 Å². The van der Waals surface area contributed by atoms with E-state index in [0.29, 0.717) is 19.1 Å². The maximum Gasteiger partial charge on any atom is 0.215 e. The Morgan fingerprint density at radius 3 is 2.83 bits per heavy atom. The normalized spacial score (nSPS) is 16.4. The highest BCUT2D eigenvalue weighted by Crippen LogP contribution is 2.22. The van der Waals surface area contributed by atoms with E-state index >= 15 is 0 Å². The molecule has 1 aromatic rings. The second-order valence-electron chi connectivity index (χ2n) is 4.56. The first-order valence-electron chi connectivity index (χ1n) is 5.88. The van der Waals surface area contributed by atoms with E-state index in [9.17, 15) is 8.42 Å². The molecule has 0 amide bonds. The summed E-state index contributed by atoms with van der Waals surface area (Å²) in [5.74, 6) is 0.172. The Morgan fingerprint density at radius 2 is 2.28 bits per heavy atom. The van der Waals surface area contributed by atoms with Crippen molar-refractivity contribution in [3.63, 3.8) is 0 Å². The van der Waals surface area contributed by atoms with Crippen LogP contribution in [0.1, 0.15) is 18.4 Å². The molecule has 1 aliphatic carbocycles. The molecule has 4 nitrogen and oxygen atoms in total. The van der Waals surface area contributed by atoms with Crippen LogP contribution in [0.2, 0.25) is 0 Å². The Morgan fingerprint density at radius 1 is 1.56 bits per heavy atom. The summed E-state index contributed by atoms with van der Waals surface area (Å²) in [6, 6.07) is 2.51. The van der Waals surface area contributed by atoms with E-state index in [2.05, 4.69) is 21.2 Å². The zero-order chi connectivity index (χ0) is 13.2. The van der Waals surface area contributed by atoms with Crippen LogP contribution >= 0.6 is 27.3 Å². The van der Waals surface area contributed by atoms with E-state index in [1.807, 2.05) is 11.4 Å². The zero-order valence-electron chi connectivity index (χ0n) is 10.2. The van der Waals surface area contributed by atoms with Gasteiger partial charge in [0.15, 0.2) is 0 Å². The summed E-state index contributed by atoms with van der Waals surface area (Å²) in [4.78, 5) is 0. The molecule has 1 aromatic heterocycles. The van der Waals surface area contributed by atoms with E-state index in [4.69, 9.17) is 0 Å². The van der Waals surface area contributed by atoms with Crippen molar-refractivity contribution in [3.05, 3.63) is 20.8 Å². The molecule has 1 N–H and O–H groups in total. The Labute approximate surface area is 121 Å². The van der Waals surface area contributed by atoms with Crippen LogP contribution in [-0.4, -0.2) is 38.1 Å². The number of nitrogens with zero attached hydrogens (tertiary/aromatic N) is 1. The number of nitrogens with one attached hydrogen (secondary N) is 1. The molecular weight excluding hydrogens is 336 g/mol. The van der Waals surface area contributed by atoms with E-state index in [1.54, 1.807) is 18.4 Å². The van der Waals surface area contributed by atoms with Crippen LogP contribution in [0.3, 0.4) is 0 Å². The lowest BCUT2D eigenvalue weighted by molar-refractivity contribution is 0.465. The SMILES string of the molecule is CN(Cc1csc(Br)c1)S(=O)(=O)CCNC1CC1. The standard InChI is InChI=1S/C11H17BrN2O2S2/c1-14(7-9-6-11(12)17-8-9)18(15,16)5-4-13-10-2-3-10/h6,8,10,13H,2-5,7H2,1H3. The molecule has 0 unspecified atom stereocenters. The molecule has 1 fully saturated rings. The number of halogens is 1. The molecule has 0 aliphatic heterocycles. The van der Waals surface area contributed by atoms with Gasteiger partial charge < -0.3 is 5.32 Å². The Bertz CT molecular complexity index is 497. The van der Waals surface area contributed by atoms with Crippen molar-refractivity contribution in [3.8, 4) is 0 Å². The fourth-order valence-electron chi connectivity index (χ4n) is 1.62. The molecule has 0 radical (unpaired) electrons. The van der Waals surface area contributed by atoms with Crippen molar-refractivity contribution in [1.82, 2.24) is 9.62 Å². The van der Waals surface area contributed by atoms with Gasteiger partial charge in [0.2, 0.25) is 10.0 Å². The summed E-state index contributed by atoms with van der Waals surface area (Å²) in [5.41, 5.74) is 1.02. The van der Waals surface area contributed by atoms with E-state index in [-0.39, 0.29) is 5.75 Å². The van der Waals surface area contributed by atoms with Crippen LogP contribution < -0.4 is 5.32 Å². The van der Waals surface area contributed by atoms with E-state index < -0.39 is 10.0 Å². The minimum absolute atomic E-state index is 0.172. The summed E-state index contributed by atoms with van der Waals surface area (Å²) in [7, 11) is -1.52. The summed E-state index contributed by atoms with van der Waals surface area (Å²) in [6.07, 6.45) is 2.36. The quantitative estimate of drug-likeness (QED) is 0.816. The number of hydrogen-bond donors (Lipinski definition) is 1. The molecule has 0 spiro atoms. The summed E-state index contributed by atoms with van der Waals surface area (Å²) in [5, 5.41) is 5.20. The van der Waals surface area contributed by atoms with Gasteiger partial charge in [-0.1, -0.05) is 0 Å². The van der Waals surface area contributed by atoms with Gasteiger partial charge in [0, 0.05) is 26.2 Å². The highest BCUT2D eigenvalue weighted by Gasteiger charge is 2.23. The van der Waals surface area contributed by atoms with Crippen molar-refractivity contribution in [2.75, 3.05) is 19.3 Å². The van der Waals surface area contributed by atoms with Gasteiger partial charge in [0.05, 0.1) is 9.54 Å². The van der Waals surface area contributed by atoms with Gasteiger partial charge >= 0.3 is 0 Å². The Kier molecular flexibility index (Phi) is 4.82. The van der Waals surface area contributed by atoms with Crippen molar-refractivity contribution in [2.45, 2.75) is 25.4 Å². The fraction of sp³-hybridized carbons (Fsp3) is 0.636. The smallest absolute Gasteiger partial charge is 0.215 e. The second kappa shape index (κ2) is 6.00. The van der Waals surface area contributed by atoms with Gasteiger partial charge in [-0.2, -0.15) is 0 Å². The van der Waals surface area contributed by atoms with Crippen molar-refractivity contribution < 1.29 is 8.42 Å². The molecule has 2 rings (SSSR count). The van der Waals surface area contributed by atoms with Crippen LogP contribution in [-0.2, 0) is 16.6 Å². The third kappa shape index (κ3) is 4.31. The van der Waals surface area contributed by atoms with Gasteiger partial charge in [-0.15, -0.1) is 11.3 Å². The fourth-order valence-corrected chi connectivity index (χ4v) is 3.85. The monoisotopic (exact) mass is 352 g/mol. The third-order valence-electron chi connectivity index (χ3n) is 2.87. The average Bonchev–Trinajstić information content (AvgIpc) is 3.02. The summed E-state index contributed by atoms with van der Waals surface area (Å²) < 4.78 is 26.5. The highest BCUT2D eigenvalue weighted by atomic mass is 79.9. The second-order valence-corrected chi connectivity index (χ2v) is 9.05.